The fraction of sp³-hybridized carbons (Fsp3) is 0.429. The summed E-state index contributed by atoms with van der Waals surface area (Å²) in [6.07, 6.45) is 13.7. The average molecular weight is 310 g/mol. The molecule has 0 fully saturated rings. The number of hydrogen-bond acceptors (Lipinski definition) is 2. The molecule has 3 bridgehead atoms. The summed E-state index contributed by atoms with van der Waals surface area (Å²) in [7, 11) is 0. The van der Waals surface area contributed by atoms with E-state index in [0.29, 0.717) is 5.75 Å². The van der Waals surface area contributed by atoms with Gasteiger partial charge in [0.05, 0.1) is 0 Å². The first kappa shape index (κ1) is 15.9. The Hall–Kier alpha value is -1.96. The molecule has 0 amide bonds. The van der Waals surface area contributed by atoms with Crippen LogP contribution in [-0.4, -0.2) is 10.7 Å². The second-order valence-corrected chi connectivity index (χ2v) is 7.12. The summed E-state index contributed by atoms with van der Waals surface area (Å²) < 4.78 is 6.28. The zero-order valence-electron chi connectivity index (χ0n) is 14.4. The minimum atomic E-state index is -0.271. The van der Waals surface area contributed by atoms with Gasteiger partial charge in [-0.1, -0.05) is 29.4 Å². The molecule has 0 aromatic heterocycles. The van der Waals surface area contributed by atoms with E-state index in [1.165, 1.54) is 11.1 Å². The van der Waals surface area contributed by atoms with Crippen LogP contribution in [-0.2, 0) is 6.42 Å². The topological polar surface area (TPSA) is 29.5 Å². The summed E-state index contributed by atoms with van der Waals surface area (Å²) in [5.74, 6) is 1.24. The van der Waals surface area contributed by atoms with E-state index in [0.717, 1.165) is 49.0 Å². The largest absolute Gasteiger partial charge is 0.508 e. The summed E-state index contributed by atoms with van der Waals surface area (Å²) in [5, 5.41) is 10.3. The number of phenols is 1. The quantitative estimate of drug-likeness (QED) is 0.635. The first-order valence-corrected chi connectivity index (χ1v) is 8.51. The molecule has 0 radical (unpaired) electrons. The van der Waals surface area contributed by atoms with Crippen molar-refractivity contribution in [3.05, 3.63) is 52.6 Å². The van der Waals surface area contributed by atoms with Crippen LogP contribution in [0.3, 0.4) is 0 Å². The summed E-state index contributed by atoms with van der Waals surface area (Å²) in [4.78, 5) is 0. The van der Waals surface area contributed by atoms with Crippen molar-refractivity contribution in [2.24, 2.45) is 0 Å². The lowest BCUT2D eigenvalue weighted by molar-refractivity contribution is 0.128. The number of hydrogen-bond donors (Lipinski definition) is 1. The Morgan fingerprint density at radius 1 is 1.09 bits per heavy atom. The van der Waals surface area contributed by atoms with Crippen molar-refractivity contribution in [1.82, 2.24) is 0 Å². The minimum Gasteiger partial charge on any atom is -0.508 e. The Bertz CT molecular complexity index is 694. The van der Waals surface area contributed by atoms with Crippen LogP contribution in [0.4, 0.5) is 0 Å². The maximum absolute atomic E-state index is 10.3. The van der Waals surface area contributed by atoms with Crippen LogP contribution in [0.5, 0.6) is 11.5 Å². The van der Waals surface area contributed by atoms with E-state index in [1.54, 1.807) is 0 Å². The van der Waals surface area contributed by atoms with Gasteiger partial charge in [0.15, 0.2) is 0 Å². The van der Waals surface area contributed by atoms with E-state index >= 15 is 0 Å². The molecule has 2 heterocycles. The van der Waals surface area contributed by atoms with E-state index in [1.807, 2.05) is 12.1 Å². The summed E-state index contributed by atoms with van der Waals surface area (Å²) in [6, 6.07) is 3.83. The molecule has 122 valence electrons. The molecule has 0 saturated heterocycles. The first-order valence-electron chi connectivity index (χ1n) is 8.51. The van der Waals surface area contributed by atoms with Gasteiger partial charge in [0.25, 0.3) is 0 Å². The molecular formula is C21H26O2. The van der Waals surface area contributed by atoms with Crippen molar-refractivity contribution < 1.29 is 9.84 Å². The summed E-state index contributed by atoms with van der Waals surface area (Å²) >= 11 is 0. The van der Waals surface area contributed by atoms with Crippen molar-refractivity contribution in [2.45, 2.75) is 58.5 Å². The Kier molecular flexibility index (Phi) is 4.34. The van der Waals surface area contributed by atoms with Crippen LogP contribution in [0.1, 0.15) is 57.6 Å². The Morgan fingerprint density at radius 2 is 1.87 bits per heavy atom. The molecule has 1 N–H and O–H groups in total. The maximum Gasteiger partial charge on any atom is 0.128 e. The smallest absolute Gasteiger partial charge is 0.128 e. The highest BCUT2D eigenvalue weighted by Crippen LogP contribution is 2.38. The van der Waals surface area contributed by atoms with Gasteiger partial charge < -0.3 is 9.84 Å². The predicted octanol–water partition coefficient (Wildman–Crippen LogP) is 5.57. The number of benzene rings is 1. The van der Waals surface area contributed by atoms with Gasteiger partial charge in [0, 0.05) is 11.1 Å². The number of rotatable bonds is 0. The Morgan fingerprint density at radius 3 is 2.70 bits per heavy atom. The zero-order valence-corrected chi connectivity index (χ0v) is 14.4. The van der Waals surface area contributed by atoms with Crippen LogP contribution < -0.4 is 4.74 Å². The van der Waals surface area contributed by atoms with Crippen LogP contribution in [0.2, 0.25) is 0 Å². The number of aromatic hydroxyl groups is 1. The highest BCUT2D eigenvalue weighted by atomic mass is 16.5. The molecule has 0 spiro atoms. The molecule has 1 aromatic carbocycles. The third-order valence-electron chi connectivity index (χ3n) is 4.80. The second-order valence-electron chi connectivity index (χ2n) is 7.12. The number of ether oxygens (including phenoxy) is 1. The average Bonchev–Trinajstić information content (AvgIpc) is 2.48. The van der Waals surface area contributed by atoms with Crippen molar-refractivity contribution >= 4 is 6.08 Å². The van der Waals surface area contributed by atoms with Crippen molar-refractivity contribution in [1.29, 1.82) is 0 Å². The molecule has 2 aliphatic heterocycles. The van der Waals surface area contributed by atoms with E-state index in [4.69, 9.17) is 4.74 Å². The molecular weight excluding hydrogens is 284 g/mol. The summed E-state index contributed by atoms with van der Waals surface area (Å²) in [5.41, 5.74) is 4.37. The third-order valence-corrected chi connectivity index (χ3v) is 4.80. The normalized spacial score (nSPS) is 24.5. The van der Waals surface area contributed by atoms with Gasteiger partial charge in [-0.05, 0) is 71.1 Å². The molecule has 23 heavy (non-hydrogen) atoms. The van der Waals surface area contributed by atoms with Gasteiger partial charge >= 0.3 is 0 Å². The van der Waals surface area contributed by atoms with Gasteiger partial charge in [0.2, 0.25) is 0 Å². The van der Waals surface area contributed by atoms with Gasteiger partial charge in [-0.25, -0.2) is 0 Å². The predicted molar refractivity (Wildman–Crippen MR) is 95.9 cm³/mol. The van der Waals surface area contributed by atoms with E-state index < -0.39 is 0 Å². The molecule has 0 aliphatic carbocycles. The molecule has 2 nitrogen and oxygen atoms in total. The lowest BCUT2D eigenvalue weighted by atomic mass is 9.92. The van der Waals surface area contributed by atoms with E-state index in [9.17, 15) is 5.11 Å². The second kappa shape index (κ2) is 6.27. The zero-order chi connectivity index (χ0) is 16.4. The fourth-order valence-electron chi connectivity index (χ4n) is 3.30. The lowest BCUT2D eigenvalue weighted by Crippen LogP contribution is -2.31. The standard InChI is InChI=1S/C21H26O2/c1-15-6-4-7-16(2)12-18-14-20-17(13-19(18)22)9-11-21(3,23-20)10-5-8-15/h7-9,11,13-14,22H,4-6,10,12H2,1-3H3/t21-/m0/s1. The van der Waals surface area contributed by atoms with Gasteiger partial charge in [-0.15, -0.1) is 0 Å². The molecule has 1 aromatic rings. The monoisotopic (exact) mass is 310 g/mol. The van der Waals surface area contributed by atoms with Crippen molar-refractivity contribution in [3.63, 3.8) is 0 Å². The van der Waals surface area contributed by atoms with Crippen LogP contribution >= 0.6 is 0 Å². The number of allylic oxidation sites excluding steroid dienone is 4. The third kappa shape index (κ3) is 3.69. The molecule has 0 saturated carbocycles. The van der Waals surface area contributed by atoms with Crippen molar-refractivity contribution in [3.8, 4) is 11.5 Å². The number of fused-ring (bicyclic) bond motifs is 2. The molecule has 3 rings (SSSR count). The minimum absolute atomic E-state index is 0.271. The summed E-state index contributed by atoms with van der Waals surface area (Å²) in [6.45, 7) is 6.48. The van der Waals surface area contributed by atoms with Crippen LogP contribution in [0.15, 0.2) is 41.5 Å². The van der Waals surface area contributed by atoms with Gasteiger partial charge in [-0.2, -0.15) is 0 Å². The van der Waals surface area contributed by atoms with Crippen LogP contribution in [0, 0.1) is 0 Å². The molecule has 2 aliphatic rings. The van der Waals surface area contributed by atoms with Crippen LogP contribution in [0.25, 0.3) is 6.08 Å². The molecule has 0 unspecified atom stereocenters. The highest BCUT2D eigenvalue weighted by molar-refractivity contribution is 5.64. The SMILES string of the molecule is CC1=CCC[C@@]2(C)C=Cc3cc(O)c(cc3O2)CC(C)=CCC1. The fourth-order valence-corrected chi connectivity index (χ4v) is 3.30. The maximum atomic E-state index is 10.3. The number of phenolic OH excluding ortho intramolecular Hbond substituents is 1. The molecule has 1 atom stereocenters. The van der Waals surface area contributed by atoms with E-state index in [-0.39, 0.29) is 5.60 Å². The van der Waals surface area contributed by atoms with E-state index in [2.05, 4.69) is 45.1 Å². The van der Waals surface area contributed by atoms with Crippen molar-refractivity contribution in [2.75, 3.05) is 0 Å². The molecule has 2 heteroatoms. The lowest BCUT2D eigenvalue weighted by Gasteiger charge is -2.32. The first-order chi connectivity index (χ1) is 11.0. The van der Waals surface area contributed by atoms with Gasteiger partial charge in [0.1, 0.15) is 17.1 Å². The highest BCUT2D eigenvalue weighted by Gasteiger charge is 2.27. The van der Waals surface area contributed by atoms with Gasteiger partial charge in [-0.3, -0.25) is 0 Å². The Balaban J connectivity index is 2.00. The Labute approximate surface area is 139 Å².